The number of thiazole rings is 2. The highest BCUT2D eigenvalue weighted by Gasteiger charge is 2.15. The van der Waals surface area contributed by atoms with Gasteiger partial charge in [-0.2, -0.15) is 0 Å². The van der Waals surface area contributed by atoms with Gasteiger partial charge in [-0.05, 0) is 26.0 Å². The van der Waals surface area contributed by atoms with Crippen LogP contribution in [0, 0.1) is 13.8 Å². The number of rotatable bonds is 0. The molecule has 0 saturated carbocycles. The molecule has 1 aliphatic rings. The monoisotopic (exact) mass is 234 g/mol. The summed E-state index contributed by atoms with van der Waals surface area (Å²) in [5, 5.41) is 2.30. The van der Waals surface area contributed by atoms with E-state index in [1.807, 2.05) is 0 Å². The van der Waals surface area contributed by atoms with Gasteiger partial charge in [0.25, 0.3) is 0 Å². The Bertz CT molecular complexity index is 501. The van der Waals surface area contributed by atoms with E-state index in [1.165, 1.54) is 9.75 Å². The summed E-state index contributed by atoms with van der Waals surface area (Å²) >= 11 is 3.59. The van der Waals surface area contributed by atoms with Crippen LogP contribution < -0.4 is 0 Å². The summed E-state index contributed by atoms with van der Waals surface area (Å²) in [4.78, 5) is 11.7. The molecule has 0 unspecified atom stereocenters. The Morgan fingerprint density at radius 1 is 0.933 bits per heavy atom. The molecule has 0 radical (unpaired) electrons. The first-order valence-electron chi connectivity index (χ1n) is 4.83. The summed E-state index contributed by atoms with van der Waals surface area (Å²) in [7, 11) is 0. The Kier molecular flexibility index (Phi) is 2.00. The van der Waals surface area contributed by atoms with Crippen LogP contribution >= 0.6 is 22.7 Å². The number of nitrogens with zero attached hydrogens (tertiary/aromatic N) is 2. The zero-order valence-electron chi connectivity index (χ0n) is 8.57. The van der Waals surface area contributed by atoms with E-state index >= 15 is 0 Å². The van der Waals surface area contributed by atoms with Crippen molar-refractivity contribution in [2.24, 2.45) is 0 Å². The fourth-order valence-electron chi connectivity index (χ4n) is 1.79. The standard InChI is InChI=1S/C11H10N2S2/c1-6-12-8-3-4-9-11(5-10(8)14-6)15-7(2)13-9/h3-4H,5H2,1-2H3. The molecule has 0 fully saturated rings. The molecular formula is C11H10N2S2. The molecule has 0 aliphatic heterocycles. The van der Waals surface area contributed by atoms with Gasteiger partial charge in [0.15, 0.2) is 0 Å². The second-order valence-corrected chi connectivity index (χ2v) is 6.17. The van der Waals surface area contributed by atoms with E-state index < -0.39 is 0 Å². The first kappa shape index (κ1) is 9.24. The van der Waals surface area contributed by atoms with Gasteiger partial charge < -0.3 is 0 Å². The Morgan fingerprint density at radius 3 is 1.87 bits per heavy atom. The number of aromatic nitrogens is 2. The molecule has 2 aromatic heterocycles. The Hall–Kier alpha value is -1.00. The van der Waals surface area contributed by atoms with E-state index in [2.05, 4.69) is 36.0 Å². The lowest BCUT2D eigenvalue weighted by molar-refractivity contribution is 1.20. The molecule has 2 heterocycles. The van der Waals surface area contributed by atoms with Crippen molar-refractivity contribution in [3.05, 3.63) is 31.2 Å². The summed E-state index contributed by atoms with van der Waals surface area (Å²) < 4.78 is 0. The highest BCUT2D eigenvalue weighted by atomic mass is 32.1. The van der Waals surface area contributed by atoms with Crippen molar-refractivity contribution in [1.82, 2.24) is 9.97 Å². The first-order chi connectivity index (χ1) is 7.22. The first-order valence-corrected chi connectivity index (χ1v) is 6.46. The van der Waals surface area contributed by atoms with E-state index in [1.54, 1.807) is 22.7 Å². The van der Waals surface area contributed by atoms with Crippen molar-refractivity contribution in [2.75, 3.05) is 0 Å². The van der Waals surface area contributed by atoms with Crippen LogP contribution in [-0.2, 0) is 6.42 Å². The molecule has 15 heavy (non-hydrogen) atoms. The number of hydrogen-bond donors (Lipinski definition) is 0. The fraction of sp³-hybridized carbons (Fsp3) is 0.273. The average Bonchev–Trinajstić information content (AvgIpc) is 2.65. The highest BCUT2D eigenvalue weighted by Crippen LogP contribution is 2.31. The van der Waals surface area contributed by atoms with Crippen LogP contribution in [0.25, 0.3) is 12.2 Å². The van der Waals surface area contributed by atoms with Gasteiger partial charge in [0.2, 0.25) is 0 Å². The zero-order valence-corrected chi connectivity index (χ0v) is 10.2. The van der Waals surface area contributed by atoms with E-state index in [4.69, 9.17) is 0 Å². The maximum atomic E-state index is 4.50. The van der Waals surface area contributed by atoms with E-state index in [0.29, 0.717) is 0 Å². The van der Waals surface area contributed by atoms with E-state index in [9.17, 15) is 0 Å². The van der Waals surface area contributed by atoms with Crippen LogP contribution in [0.3, 0.4) is 0 Å². The van der Waals surface area contributed by atoms with Gasteiger partial charge in [-0.3, -0.25) is 0 Å². The van der Waals surface area contributed by atoms with E-state index in [0.717, 1.165) is 27.8 Å². The predicted molar refractivity (Wildman–Crippen MR) is 65.4 cm³/mol. The van der Waals surface area contributed by atoms with Crippen molar-refractivity contribution >= 4 is 34.8 Å². The Labute approximate surface area is 96.3 Å². The van der Waals surface area contributed by atoms with Gasteiger partial charge in [0.05, 0.1) is 21.4 Å². The molecule has 2 nitrogen and oxygen atoms in total. The summed E-state index contributed by atoms with van der Waals surface area (Å²) in [5.74, 6) is 0. The Morgan fingerprint density at radius 2 is 1.40 bits per heavy atom. The third-order valence-electron chi connectivity index (χ3n) is 2.39. The minimum absolute atomic E-state index is 0.995. The molecule has 0 amide bonds. The molecule has 3 rings (SSSR count). The van der Waals surface area contributed by atoms with Gasteiger partial charge >= 0.3 is 0 Å². The van der Waals surface area contributed by atoms with E-state index in [-0.39, 0.29) is 0 Å². The van der Waals surface area contributed by atoms with Crippen molar-refractivity contribution in [3.8, 4) is 0 Å². The van der Waals surface area contributed by atoms with Crippen molar-refractivity contribution in [1.29, 1.82) is 0 Å². The molecule has 0 atom stereocenters. The minimum atomic E-state index is 0.995. The number of fused-ring (bicyclic) bond motifs is 2. The number of hydrogen-bond acceptors (Lipinski definition) is 4. The SMILES string of the molecule is Cc1nc2c(s1)Cc1sc(C)nc1C=C2. The third kappa shape index (κ3) is 1.54. The quantitative estimate of drug-likeness (QED) is 0.596. The average molecular weight is 234 g/mol. The summed E-state index contributed by atoms with van der Waals surface area (Å²) in [6.45, 7) is 4.12. The molecule has 0 N–H and O–H groups in total. The second-order valence-electron chi connectivity index (χ2n) is 3.59. The third-order valence-corrected chi connectivity index (χ3v) is 4.36. The van der Waals surface area contributed by atoms with Crippen molar-refractivity contribution in [3.63, 3.8) is 0 Å². The lowest BCUT2D eigenvalue weighted by atomic mass is 10.3. The molecule has 1 aliphatic carbocycles. The number of aryl methyl sites for hydroxylation is 2. The second kappa shape index (κ2) is 3.25. The normalized spacial score (nSPS) is 13.5. The van der Waals surface area contributed by atoms with Gasteiger partial charge in [0.1, 0.15) is 0 Å². The van der Waals surface area contributed by atoms with Crippen LogP contribution in [0.4, 0.5) is 0 Å². The van der Waals surface area contributed by atoms with Crippen LogP contribution in [0.1, 0.15) is 31.2 Å². The molecule has 0 bridgehead atoms. The Balaban J connectivity index is 2.15. The minimum Gasteiger partial charge on any atom is -0.242 e. The topological polar surface area (TPSA) is 25.8 Å². The van der Waals surface area contributed by atoms with Crippen molar-refractivity contribution < 1.29 is 0 Å². The molecule has 4 heteroatoms. The van der Waals surface area contributed by atoms with Crippen LogP contribution in [-0.4, -0.2) is 9.97 Å². The molecule has 2 aromatic rings. The van der Waals surface area contributed by atoms with Crippen molar-refractivity contribution in [2.45, 2.75) is 20.3 Å². The molecule has 0 aromatic carbocycles. The van der Waals surface area contributed by atoms with Gasteiger partial charge in [-0.1, -0.05) is 0 Å². The lowest BCUT2D eigenvalue weighted by Gasteiger charge is -1.92. The molecule has 0 saturated heterocycles. The van der Waals surface area contributed by atoms with Gasteiger partial charge in [-0.15, -0.1) is 22.7 Å². The highest BCUT2D eigenvalue weighted by molar-refractivity contribution is 7.13. The van der Waals surface area contributed by atoms with Gasteiger partial charge in [0, 0.05) is 16.2 Å². The van der Waals surface area contributed by atoms with Crippen LogP contribution in [0.15, 0.2) is 0 Å². The van der Waals surface area contributed by atoms with Crippen LogP contribution in [0.2, 0.25) is 0 Å². The largest absolute Gasteiger partial charge is 0.242 e. The zero-order chi connectivity index (χ0) is 10.4. The lowest BCUT2D eigenvalue weighted by Crippen LogP contribution is -1.83. The molecular weight excluding hydrogens is 224 g/mol. The molecule has 76 valence electrons. The summed E-state index contributed by atoms with van der Waals surface area (Å²) in [5.41, 5.74) is 2.25. The van der Waals surface area contributed by atoms with Crippen LogP contribution in [0.5, 0.6) is 0 Å². The van der Waals surface area contributed by atoms with Gasteiger partial charge in [-0.25, -0.2) is 9.97 Å². The summed E-state index contributed by atoms with van der Waals surface area (Å²) in [6.07, 6.45) is 5.17. The fourth-order valence-corrected chi connectivity index (χ4v) is 3.75. The smallest absolute Gasteiger partial charge is 0.0904 e. The maximum Gasteiger partial charge on any atom is 0.0904 e. The molecule has 0 spiro atoms. The maximum absolute atomic E-state index is 4.50. The summed E-state index contributed by atoms with van der Waals surface area (Å²) in [6, 6.07) is 0. The predicted octanol–water partition coefficient (Wildman–Crippen LogP) is 3.29.